The molecule has 6 heteroatoms. The molecule has 1 saturated heterocycles. The summed E-state index contributed by atoms with van der Waals surface area (Å²) in [6.45, 7) is 11.5. The van der Waals surface area contributed by atoms with Crippen LogP contribution in [-0.2, 0) is 11.2 Å². The smallest absolute Gasteiger partial charge is 0.202 e. The van der Waals surface area contributed by atoms with Crippen LogP contribution >= 0.6 is 0 Å². The summed E-state index contributed by atoms with van der Waals surface area (Å²) in [4.78, 5) is 25.2. The second-order valence-corrected chi connectivity index (χ2v) is 11.4. The van der Waals surface area contributed by atoms with E-state index in [-0.39, 0.29) is 30.6 Å². The molecule has 2 aromatic rings. The number of carbonyl (C=O) groups excluding carboxylic acids is 1. The zero-order valence-corrected chi connectivity index (χ0v) is 21.2. The number of aliphatic hydroxyl groups excluding tert-OH is 1. The van der Waals surface area contributed by atoms with Crippen LogP contribution in [0.5, 0.6) is 0 Å². The van der Waals surface area contributed by atoms with Crippen molar-refractivity contribution in [3.8, 4) is 0 Å². The number of ketones is 1. The van der Waals surface area contributed by atoms with Gasteiger partial charge in [0.15, 0.2) is 5.82 Å². The number of hydrogen-bond donors (Lipinski definition) is 2. The molecule has 4 atom stereocenters. The van der Waals surface area contributed by atoms with Crippen LogP contribution in [0.3, 0.4) is 0 Å². The number of aliphatic hydroxyl groups is 1. The Morgan fingerprint density at radius 3 is 2.74 bits per heavy atom. The summed E-state index contributed by atoms with van der Waals surface area (Å²) in [5, 5.41) is 10.0. The number of pyridine rings is 1. The third-order valence-corrected chi connectivity index (χ3v) is 6.70. The fourth-order valence-electron chi connectivity index (χ4n) is 5.07. The first-order valence-corrected chi connectivity index (χ1v) is 12.0. The summed E-state index contributed by atoms with van der Waals surface area (Å²) in [6.07, 6.45) is 1.61. The van der Waals surface area contributed by atoms with Gasteiger partial charge in [-0.3, -0.25) is 9.78 Å². The molecule has 1 fully saturated rings. The van der Waals surface area contributed by atoms with Gasteiger partial charge >= 0.3 is 0 Å². The fourth-order valence-corrected chi connectivity index (χ4v) is 5.07. The summed E-state index contributed by atoms with van der Waals surface area (Å²) in [5.41, 5.74) is 1.42. The van der Waals surface area contributed by atoms with Crippen molar-refractivity contribution >= 4 is 11.4 Å². The molecule has 184 valence electrons. The Kier molecular flexibility index (Phi) is 5.59. The van der Waals surface area contributed by atoms with Crippen LogP contribution in [0.25, 0.3) is 5.57 Å². The van der Waals surface area contributed by atoms with E-state index in [0.717, 1.165) is 11.4 Å². The van der Waals surface area contributed by atoms with Crippen molar-refractivity contribution in [1.82, 2.24) is 15.0 Å². The molecular formula is C28H39N3O3. The van der Waals surface area contributed by atoms with Gasteiger partial charge in [0.05, 0.1) is 24.9 Å². The van der Waals surface area contributed by atoms with E-state index in [9.17, 15) is 9.90 Å². The first-order chi connectivity index (χ1) is 17.1. The summed E-state index contributed by atoms with van der Waals surface area (Å²) in [7, 11) is 0. The van der Waals surface area contributed by atoms with Crippen molar-refractivity contribution in [3.63, 3.8) is 0 Å². The number of imidazole rings is 1. The van der Waals surface area contributed by atoms with Crippen molar-refractivity contribution in [1.29, 1.82) is 0 Å². The van der Waals surface area contributed by atoms with Gasteiger partial charge in [0.2, 0.25) is 5.78 Å². The van der Waals surface area contributed by atoms with Crippen molar-refractivity contribution in [3.05, 3.63) is 52.9 Å². The van der Waals surface area contributed by atoms with E-state index in [4.69, 9.17) is 13.8 Å². The van der Waals surface area contributed by atoms with Crippen LogP contribution < -0.4 is 0 Å². The van der Waals surface area contributed by atoms with Crippen LogP contribution in [-0.4, -0.2) is 43.7 Å². The number of Topliss-reactive ketones (excluding diaryl/α,β-unsaturated/α-hetero) is 1. The average Bonchev–Trinajstić information content (AvgIpc) is 3.23. The lowest BCUT2D eigenvalue weighted by Gasteiger charge is -2.46. The largest absolute Gasteiger partial charge is 0.393 e. The van der Waals surface area contributed by atoms with E-state index in [0.29, 0.717) is 42.1 Å². The highest BCUT2D eigenvalue weighted by Gasteiger charge is 2.43. The number of nitrogens with one attached hydrogen (secondary N) is 1. The molecule has 1 aliphatic carbocycles. The van der Waals surface area contributed by atoms with Crippen molar-refractivity contribution in [2.24, 2.45) is 5.41 Å². The SMILES string of the molecule is [2H]C1=C(c2nc(C3CC(C)(C)OC(C)(CO)C3)ccc2CC(=O)c2ncc(C)[nH]2)C([2H])C([2H])C(C)(C)C1. The molecule has 4 rings (SSSR count). The number of H-pyrrole nitrogens is 1. The number of aromatic nitrogens is 3. The molecule has 6 nitrogen and oxygen atoms in total. The quantitative estimate of drug-likeness (QED) is 0.542. The zero-order chi connectivity index (χ0) is 27.3. The molecular weight excluding hydrogens is 426 g/mol. The summed E-state index contributed by atoms with van der Waals surface area (Å²) in [5.74, 6) is 0.0576. The van der Waals surface area contributed by atoms with E-state index >= 15 is 0 Å². The Hall–Kier alpha value is -2.31. The Balaban J connectivity index is 1.81. The number of rotatable bonds is 6. The van der Waals surface area contributed by atoms with Gasteiger partial charge in [0, 0.05) is 32.7 Å². The molecule has 0 saturated carbocycles. The molecule has 2 aliphatic rings. The van der Waals surface area contributed by atoms with Gasteiger partial charge in [-0.2, -0.15) is 0 Å². The average molecular weight is 469 g/mol. The number of allylic oxidation sites excluding steroid dienone is 2. The van der Waals surface area contributed by atoms with Gasteiger partial charge in [-0.05, 0) is 82.4 Å². The number of aromatic amines is 1. The Bertz CT molecular complexity index is 1220. The number of ether oxygens (including phenoxy) is 1. The lowest BCUT2D eigenvalue weighted by atomic mass is 9.76. The van der Waals surface area contributed by atoms with Crippen LogP contribution in [0.2, 0.25) is 0 Å². The summed E-state index contributed by atoms with van der Waals surface area (Å²) >= 11 is 0. The maximum atomic E-state index is 13.1. The molecule has 3 heterocycles. The van der Waals surface area contributed by atoms with Crippen LogP contribution in [0.1, 0.15) is 110 Å². The molecule has 2 N–H and O–H groups in total. The lowest BCUT2D eigenvalue weighted by molar-refractivity contribution is -0.187. The predicted molar refractivity (Wildman–Crippen MR) is 134 cm³/mol. The second kappa shape index (κ2) is 9.04. The maximum Gasteiger partial charge on any atom is 0.202 e. The van der Waals surface area contributed by atoms with Gasteiger partial charge in [-0.1, -0.05) is 26.0 Å². The topological polar surface area (TPSA) is 88.1 Å². The molecule has 0 spiro atoms. The van der Waals surface area contributed by atoms with Gasteiger partial charge in [-0.15, -0.1) is 0 Å². The second-order valence-electron chi connectivity index (χ2n) is 11.4. The van der Waals surface area contributed by atoms with E-state index < -0.39 is 29.4 Å². The number of aryl methyl sites for hydroxylation is 1. The standard InChI is InChI=1S/C28H39N3O3/c1-18-16-29-25(30-18)23(33)13-20-7-8-22(21-14-27(4,5)34-28(6,15-21)17-32)31-24(20)19-9-11-26(2,3)12-10-19/h7-9,16,21,32H,10-15,17H2,1-6H3,(H,29,30)/i9D,10D,12D. The maximum absolute atomic E-state index is 13.1. The Morgan fingerprint density at radius 1 is 1.29 bits per heavy atom. The first-order valence-electron chi connectivity index (χ1n) is 13.7. The molecule has 0 bridgehead atoms. The minimum absolute atomic E-state index is 0.0112. The van der Waals surface area contributed by atoms with E-state index in [1.54, 1.807) is 6.20 Å². The molecule has 1 aliphatic heterocycles. The van der Waals surface area contributed by atoms with E-state index in [1.807, 2.05) is 53.7 Å². The van der Waals surface area contributed by atoms with Gasteiger partial charge < -0.3 is 14.8 Å². The van der Waals surface area contributed by atoms with Crippen molar-refractivity contribution < 1.29 is 18.8 Å². The van der Waals surface area contributed by atoms with Crippen LogP contribution in [0.15, 0.2) is 24.4 Å². The minimum Gasteiger partial charge on any atom is -0.393 e. The van der Waals surface area contributed by atoms with Crippen molar-refractivity contribution in [2.45, 2.75) is 97.1 Å². The van der Waals surface area contributed by atoms with Crippen LogP contribution in [0.4, 0.5) is 0 Å². The third kappa shape index (κ3) is 5.49. The highest BCUT2D eigenvalue weighted by Crippen LogP contribution is 2.44. The predicted octanol–water partition coefficient (Wildman–Crippen LogP) is 5.56. The van der Waals surface area contributed by atoms with Crippen LogP contribution in [0, 0.1) is 12.3 Å². The third-order valence-electron chi connectivity index (χ3n) is 6.70. The summed E-state index contributed by atoms with van der Waals surface area (Å²) < 4.78 is 32.7. The van der Waals surface area contributed by atoms with Gasteiger partial charge in [0.1, 0.15) is 0 Å². The monoisotopic (exact) mass is 468 g/mol. The van der Waals surface area contributed by atoms with Gasteiger partial charge in [-0.25, -0.2) is 4.98 Å². The molecule has 4 unspecified atom stereocenters. The van der Waals surface area contributed by atoms with E-state index in [2.05, 4.69) is 9.97 Å². The van der Waals surface area contributed by atoms with Crippen molar-refractivity contribution in [2.75, 3.05) is 6.61 Å². The molecule has 0 amide bonds. The number of nitrogens with zero attached hydrogens (tertiary/aromatic N) is 2. The highest BCUT2D eigenvalue weighted by molar-refractivity contribution is 5.94. The number of hydrogen-bond acceptors (Lipinski definition) is 5. The highest BCUT2D eigenvalue weighted by atomic mass is 16.5. The molecule has 0 radical (unpaired) electrons. The summed E-state index contributed by atoms with van der Waals surface area (Å²) in [6, 6.07) is 4.08. The fraction of sp³-hybridized carbons (Fsp3) is 0.607. The molecule has 2 aromatic heterocycles. The Morgan fingerprint density at radius 2 is 2.06 bits per heavy atom. The first kappa shape index (κ1) is 21.0. The van der Waals surface area contributed by atoms with Gasteiger partial charge in [0.25, 0.3) is 0 Å². The number of carbonyl (C=O) groups is 1. The molecule has 34 heavy (non-hydrogen) atoms. The van der Waals surface area contributed by atoms with E-state index in [1.165, 1.54) is 0 Å². The zero-order valence-electron chi connectivity index (χ0n) is 24.2. The molecule has 0 aromatic carbocycles. The normalized spacial score (nSPS) is 32.1. The minimum atomic E-state index is -0.951. The Labute approximate surface area is 207 Å². The lowest BCUT2D eigenvalue weighted by Crippen LogP contribution is -2.48.